The largest absolute Gasteiger partial charge is 0.416 e. The van der Waals surface area contributed by atoms with Crippen LogP contribution in [0.2, 0.25) is 19.6 Å². The molecule has 0 aliphatic rings. The topological polar surface area (TPSA) is 62.7 Å². The molecule has 2 aromatic carbocycles. The molecule has 0 unspecified atom stereocenters. The highest BCUT2D eigenvalue weighted by atomic mass is 28.3. The van der Waals surface area contributed by atoms with Gasteiger partial charge in [0.25, 0.3) is 5.91 Å². The Morgan fingerprint density at radius 1 is 1.03 bits per heavy atom. The number of rotatable bonds is 5. The van der Waals surface area contributed by atoms with E-state index >= 15 is 0 Å². The Balaban J connectivity index is 1.59. The van der Waals surface area contributed by atoms with Crippen LogP contribution in [0.1, 0.15) is 21.6 Å². The van der Waals surface area contributed by atoms with Crippen molar-refractivity contribution >= 4 is 46.8 Å². The molecule has 3 aromatic heterocycles. The predicted molar refractivity (Wildman–Crippen MR) is 140 cm³/mol. The summed E-state index contributed by atoms with van der Waals surface area (Å²) in [5.41, 5.74) is 2.18. The number of H-pyrrole nitrogens is 1. The number of amides is 1. The highest BCUT2D eigenvalue weighted by Gasteiger charge is 2.30. The van der Waals surface area contributed by atoms with Crippen molar-refractivity contribution in [2.24, 2.45) is 0 Å². The number of aromatic amines is 1. The zero-order chi connectivity index (χ0) is 25.7. The standard InChI is InChI=1S/C27H25F3N4OSi/c1-36(2,3)22-8-7-18-13-24(26(35)33-21-12-19-9-10-31-25(19)32-15-21)34(23(18)14-22)16-17-5-4-6-20(11-17)27(28,29)30/h4-15H,16H2,1-3H3,(H,31,32)(H,33,35). The molecule has 2 N–H and O–H groups in total. The molecule has 0 atom stereocenters. The number of fused-ring (bicyclic) bond motifs is 2. The maximum absolute atomic E-state index is 13.4. The molecule has 5 nitrogen and oxygen atoms in total. The molecule has 0 bridgehead atoms. The van der Waals surface area contributed by atoms with Gasteiger partial charge in [-0.2, -0.15) is 13.2 Å². The minimum Gasteiger partial charge on any atom is -0.346 e. The molecule has 0 aliphatic heterocycles. The van der Waals surface area contributed by atoms with E-state index in [2.05, 4.69) is 47.1 Å². The number of alkyl halides is 3. The van der Waals surface area contributed by atoms with Gasteiger partial charge < -0.3 is 14.9 Å². The highest BCUT2D eigenvalue weighted by molar-refractivity contribution is 6.88. The number of hydrogen-bond acceptors (Lipinski definition) is 2. The average Bonchev–Trinajstić information content (AvgIpc) is 3.42. The number of hydrogen-bond donors (Lipinski definition) is 2. The maximum atomic E-state index is 13.4. The van der Waals surface area contributed by atoms with Gasteiger partial charge in [0, 0.05) is 29.0 Å². The number of aromatic nitrogens is 3. The van der Waals surface area contributed by atoms with Crippen LogP contribution in [0.25, 0.3) is 21.9 Å². The van der Waals surface area contributed by atoms with E-state index in [4.69, 9.17) is 0 Å². The van der Waals surface area contributed by atoms with Crippen molar-refractivity contribution in [3.63, 3.8) is 0 Å². The van der Waals surface area contributed by atoms with Crippen LogP contribution in [-0.2, 0) is 12.7 Å². The summed E-state index contributed by atoms with van der Waals surface area (Å²) in [6.07, 6.45) is -1.10. The number of carbonyl (C=O) groups excluding carboxylic acids is 1. The van der Waals surface area contributed by atoms with Gasteiger partial charge >= 0.3 is 6.18 Å². The molecule has 0 fully saturated rings. The van der Waals surface area contributed by atoms with Crippen LogP contribution in [0.4, 0.5) is 18.9 Å². The molecule has 5 aromatic rings. The van der Waals surface area contributed by atoms with Crippen LogP contribution in [0.15, 0.2) is 73.1 Å². The van der Waals surface area contributed by atoms with Crippen LogP contribution in [-0.4, -0.2) is 28.5 Å². The Kier molecular flexibility index (Phi) is 5.75. The number of anilines is 1. The van der Waals surface area contributed by atoms with Gasteiger partial charge in [-0.15, -0.1) is 0 Å². The summed E-state index contributed by atoms with van der Waals surface area (Å²) in [5.74, 6) is -0.357. The fourth-order valence-electron chi connectivity index (χ4n) is 4.31. The summed E-state index contributed by atoms with van der Waals surface area (Å²) in [6, 6.07) is 16.8. The van der Waals surface area contributed by atoms with Crippen LogP contribution >= 0.6 is 0 Å². The number of nitrogens with one attached hydrogen (secondary N) is 2. The lowest BCUT2D eigenvalue weighted by Gasteiger charge is -2.18. The van der Waals surface area contributed by atoms with Gasteiger partial charge in [-0.3, -0.25) is 4.79 Å². The monoisotopic (exact) mass is 506 g/mol. The normalized spacial score (nSPS) is 12.4. The lowest BCUT2D eigenvalue weighted by Crippen LogP contribution is -2.37. The van der Waals surface area contributed by atoms with Gasteiger partial charge in [-0.25, -0.2) is 4.98 Å². The van der Waals surface area contributed by atoms with Gasteiger partial charge in [0.1, 0.15) is 11.3 Å². The number of benzene rings is 2. The fraction of sp³-hybridized carbons (Fsp3) is 0.185. The number of pyridine rings is 1. The third kappa shape index (κ3) is 4.66. The SMILES string of the molecule is C[Si](C)(C)c1ccc2cc(C(=O)Nc3cnc4[nH]ccc4c3)n(Cc3cccc(C(F)(F)F)c3)c2c1. The van der Waals surface area contributed by atoms with E-state index in [9.17, 15) is 18.0 Å². The minimum atomic E-state index is -4.44. The number of carbonyl (C=O) groups is 1. The van der Waals surface area contributed by atoms with Crippen LogP contribution in [0.5, 0.6) is 0 Å². The third-order valence-corrected chi connectivity index (χ3v) is 8.30. The van der Waals surface area contributed by atoms with E-state index in [1.54, 1.807) is 29.1 Å². The number of nitrogens with zero attached hydrogens (tertiary/aromatic N) is 2. The van der Waals surface area contributed by atoms with Crippen molar-refractivity contribution in [1.29, 1.82) is 0 Å². The molecule has 1 amide bonds. The molecule has 3 heterocycles. The second kappa shape index (κ2) is 8.67. The molecule has 9 heteroatoms. The minimum absolute atomic E-state index is 0.125. The fourth-order valence-corrected chi connectivity index (χ4v) is 5.46. The lowest BCUT2D eigenvalue weighted by molar-refractivity contribution is -0.137. The Bertz CT molecular complexity index is 1590. The molecular weight excluding hydrogens is 481 g/mol. The van der Waals surface area contributed by atoms with Gasteiger partial charge in [0.05, 0.1) is 25.5 Å². The first-order valence-corrected chi connectivity index (χ1v) is 15.0. The van der Waals surface area contributed by atoms with Gasteiger partial charge in [-0.1, -0.05) is 49.1 Å². The van der Waals surface area contributed by atoms with Crippen molar-refractivity contribution < 1.29 is 18.0 Å². The molecule has 0 radical (unpaired) electrons. The van der Waals surface area contributed by atoms with Crippen LogP contribution < -0.4 is 10.5 Å². The Hall–Kier alpha value is -3.85. The third-order valence-electron chi connectivity index (χ3n) is 6.26. The summed E-state index contributed by atoms with van der Waals surface area (Å²) < 4.78 is 41.8. The van der Waals surface area contributed by atoms with Gasteiger partial charge in [0.2, 0.25) is 0 Å². The van der Waals surface area contributed by atoms with E-state index in [0.717, 1.165) is 28.4 Å². The van der Waals surface area contributed by atoms with Crippen LogP contribution in [0, 0.1) is 0 Å². The van der Waals surface area contributed by atoms with E-state index in [1.165, 1.54) is 11.3 Å². The summed E-state index contributed by atoms with van der Waals surface area (Å²) in [5, 5.41) is 5.82. The second-order valence-electron chi connectivity index (χ2n) is 9.93. The van der Waals surface area contributed by atoms with Crippen molar-refractivity contribution in [1.82, 2.24) is 14.5 Å². The van der Waals surface area contributed by atoms with Crippen molar-refractivity contribution in [3.8, 4) is 0 Å². The zero-order valence-corrected chi connectivity index (χ0v) is 21.1. The smallest absolute Gasteiger partial charge is 0.346 e. The van der Waals surface area contributed by atoms with E-state index in [1.807, 2.05) is 18.2 Å². The lowest BCUT2D eigenvalue weighted by atomic mass is 10.1. The molecule has 0 saturated carbocycles. The zero-order valence-electron chi connectivity index (χ0n) is 20.1. The Labute approximate surface area is 207 Å². The van der Waals surface area contributed by atoms with E-state index in [-0.39, 0.29) is 12.5 Å². The van der Waals surface area contributed by atoms with Gasteiger partial charge in [-0.05, 0) is 42.0 Å². The molecule has 0 spiro atoms. The predicted octanol–water partition coefficient (Wildman–Crippen LogP) is 6.38. The van der Waals surface area contributed by atoms with Crippen molar-refractivity contribution in [2.45, 2.75) is 32.4 Å². The first-order chi connectivity index (χ1) is 17.0. The molecule has 0 aliphatic carbocycles. The second-order valence-corrected chi connectivity index (χ2v) is 15.0. The van der Waals surface area contributed by atoms with Crippen LogP contribution in [0.3, 0.4) is 0 Å². The van der Waals surface area contributed by atoms with Crippen molar-refractivity contribution in [3.05, 3.63) is 89.9 Å². The summed E-state index contributed by atoms with van der Waals surface area (Å²) >= 11 is 0. The highest BCUT2D eigenvalue weighted by Crippen LogP contribution is 2.30. The Morgan fingerprint density at radius 2 is 1.83 bits per heavy atom. The molecule has 184 valence electrons. The molecule has 5 rings (SSSR count). The summed E-state index contributed by atoms with van der Waals surface area (Å²) in [7, 11) is -1.67. The molecule has 0 saturated heterocycles. The average molecular weight is 507 g/mol. The van der Waals surface area contributed by atoms with Gasteiger partial charge in [0.15, 0.2) is 0 Å². The Morgan fingerprint density at radius 3 is 2.58 bits per heavy atom. The van der Waals surface area contributed by atoms with E-state index in [0.29, 0.717) is 22.6 Å². The first kappa shape index (κ1) is 23.9. The molecule has 36 heavy (non-hydrogen) atoms. The first-order valence-electron chi connectivity index (χ1n) is 11.5. The quantitative estimate of drug-likeness (QED) is 0.272. The molecular formula is C27H25F3N4OSi. The maximum Gasteiger partial charge on any atom is 0.416 e. The van der Waals surface area contributed by atoms with E-state index < -0.39 is 19.8 Å². The summed E-state index contributed by atoms with van der Waals surface area (Å²) in [6.45, 7) is 6.81. The van der Waals surface area contributed by atoms with Crippen molar-refractivity contribution in [2.75, 3.05) is 5.32 Å². The summed E-state index contributed by atoms with van der Waals surface area (Å²) in [4.78, 5) is 20.8. The number of halogens is 3.